The lowest BCUT2D eigenvalue weighted by Gasteiger charge is -2.13. The number of ether oxygens (including phenoxy) is 1. The minimum absolute atomic E-state index is 0.843. The topological polar surface area (TPSA) is 24.5 Å². The SMILES string of the molecule is CCN1CCC(CNCCc2ccc(OC)cc2)C1. The maximum Gasteiger partial charge on any atom is 0.118 e. The molecule has 2 rings (SSSR count). The molecule has 1 atom stereocenters. The summed E-state index contributed by atoms with van der Waals surface area (Å²) in [6.07, 6.45) is 2.44. The molecule has 0 spiro atoms. The van der Waals surface area contributed by atoms with Gasteiger partial charge in [0, 0.05) is 6.54 Å². The Hall–Kier alpha value is -1.06. The summed E-state index contributed by atoms with van der Waals surface area (Å²) in [5.74, 6) is 1.78. The van der Waals surface area contributed by atoms with Crippen LogP contribution in [0.3, 0.4) is 0 Å². The molecule has 0 bridgehead atoms. The maximum absolute atomic E-state index is 5.16. The van der Waals surface area contributed by atoms with Gasteiger partial charge in [-0.1, -0.05) is 19.1 Å². The van der Waals surface area contributed by atoms with Gasteiger partial charge in [-0.3, -0.25) is 0 Å². The van der Waals surface area contributed by atoms with Gasteiger partial charge in [-0.2, -0.15) is 0 Å². The fourth-order valence-corrected chi connectivity index (χ4v) is 2.70. The smallest absolute Gasteiger partial charge is 0.118 e. The van der Waals surface area contributed by atoms with E-state index >= 15 is 0 Å². The van der Waals surface area contributed by atoms with E-state index in [1.54, 1.807) is 7.11 Å². The Morgan fingerprint density at radius 1 is 1.32 bits per heavy atom. The number of benzene rings is 1. The lowest BCUT2D eigenvalue weighted by molar-refractivity contribution is 0.339. The number of rotatable bonds is 7. The van der Waals surface area contributed by atoms with Gasteiger partial charge in [-0.25, -0.2) is 0 Å². The van der Waals surface area contributed by atoms with E-state index < -0.39 is 0 Å². The van der Waals surface area contributed by atoms with Crippen LogP contribution in [-0.4, -0.2) is 44.7 Å². The summed E-state index contributed by atoms with van der Waals surface area (Å²) in [5, 5.41) is 3.59. The molecule has 1 aromatic rings. The van der Waals surface area contributed by atoms with Crippen molar-refractivity contribution in [3.05, 3.63) is 29.8 Å². The van der Waals surface area contributed by atoms with Crippen molar-refractivity contribution >= 4 is 0 Å². The van der Waals surface area contributed by atoms with Crippen LogP contribution in [-0.2, 0) is 6.42 Å². The molecule has 1 saturated heterocycles. The molecule has 3 heteroatoms. The lowest BCUT2D eigenvalue weighted by atomic mass is 10.1. The third kappa shape index (κ3) is 4.51. The van der Waals surface area contributed by atoms with E-state index in [0.29, 0.717) is 0 Å². The van der Waals surface area contributed by atoms with E-state index in [1.165, 1.54) is 31.6 Å². The zero-order valence-corrected chi connectivity index (χ0v) is 12.2. The van der Waals surface area contributed by atoms with Crippen molar-refractivity contribution in [1.82, 2.24) is 10.2 Å². The van der Waals surface area contributed by atoms with Gasteiger partial charge in [0.2, 0.25) is 0 Å². The Morgan fingerprint density at radius 2 is 2.11 bits per heavy atom. The zero-order valence-electron chi connectivity index (χ0n) is 12.2. The zero-order chi connectivity index (χ0) is 13.5. The summed E-state index contributed by atoms with van der Waals surface area (Å²) in [5.41, 5.74) is 1.37. The average Bonchev–Trinajstić information content (AvgIpc) is 2.92. The van der Waals surface area contributed by atoms with Crippen LogP contribution in [0.2, 0.25) is 0 Å². The number of hydrogen-bond donors (Lipinski definition) is 1. The summed E-state index contributed by atoms with van der Waals surface area (Å²) in [4.78, 5) is 2.54. The molecular formula is C16H26N2O. The van der Waals surface area contributed by atoms with Crippen molar-refractivity contribution in [3.63, 3.8) is 0 Å². The van der Waals surface area contributed by atoms with Crippen molar-refractivity contribution in [2.45, 2.75) is 19.8 Å². The number of methoxy groups -OCH3 is 1. The second kappa shape index (κ2) is 7.51. The molecule has 1 fully saturated rings. The van der Waals surface area contributed by atoms with Crippen molar-refractivity contribution in [2.75, 3.05) is 39.8 Å². The first kappa shape index (κ1) is 14.4. The summed E-state index contributed by atoms with van der Waals surface area (Å²) in [6.45, 7) is 8.22. The Morgan fingerprint density at radius 3 is 2.74 bits per heavy atom. The first-order chi connectivity index (χ1) is 9.31. The van der Waals surface area contributed by atoms with Gasteiger partial charge in [0.1, 0.15) is 5.75 Å². The molecule has 0 aliphatic carbocycles. The number of nitrogens with one attached hydrogen (secondary N) is 1. The van der Waals surface area contributed by atoms with Crippen molar-refractivity contribution in [2.24, 2.45) is 5.92 Å². The molecule has 1 aromatic carbocycles. The van der Waals surface area contributed by atoms with Gasteiger partial charge < -0.3 is 15.0 Å². The van der Waals surface area contributed by atoms with Crippen molar-refractivity contribution < 1.29 is 4.74 Å². The van der Waals surface area contributed by atoms with Crippen LogP contribution < -0.4 is 10.1 Å². The lowest BCUT2D eigenvalue weighted by Crippen LogP contribution is -2.27. The van der Waals surface area contributed by atoms with Crippen LogP contribution >= 0.6 is 0 Å². The largest absolute Gasteiger partial charge is 0.497 e. The molecule has 0 amide bonds. The van der Waals surface area contributed by atoms with Crippen molar-refractivity contribution in [1.29, 1.82) is 0 Å². The highest BCUT2D eigenvalue weighted by Gasteiger charge is 2.20. The number of nitrogens with zero attached hydrogens (tertiary/aromatic N) is 1. The van der Waals surface area contributed by atoms with Crippen LogP contribution in [0.4, 0.5) is 0 Å². The monoisotopic (exact) mass is 262 g/mol. The molecule has 1 aliphatic heterocycles. The Bertz CT molecular complexity index is 364. The molecule has 0 radical (unpaired) electrons. The molecule has 0 saturated carbocycles. The van der Waals surface area contributed by atoms with E-state index in [1.807, 2.05) is 12.1 Å². The van der Waals surface area contributed by atoms with E-state index in [-0.39, 0.29) is 0 Å². The van der Waals surface area contributed by atoms with E-state index in [9.17, 15) is 0 Å². The minimum Gasteiger partial charge on any atom is -0.497 e. The molecule has 1 aliphatic rings. The predicted octanol–water partition coefficient (Wildman–Crippen LogP) is 2.17. The van der Waals surface area contributed by atoms with Gasteiger partial charge in [0.05, 0.1) is 7.11 Å². The second-order valence-electron chi connectivity index (χ2n) is 5.35. The second-order valence-corrected chi connectivity index (χ2v) is 5.35. The van der Waals surface area contributed by atoms with Crippen molar-refractivity contribution in [3.8, 4) is 5.75 Å². The van der Waals surface area contributed by atoms with Crippen LogP contribution in [0.15, 0.2) is 24.3 Å². The molecule has 1 N–H and O–H groups in total. The Balaban J connectivity index is 1.61. The van der Waals surface area contributed by atoms with Crippen LogP contribution in [0.5, 0.6) is 5.75 Å². The van der Waals surface area contributed by atoms with Gasteiger partial charge in [0.15, 0.2) is 0 Å². The maximum atomic E-state index is 5.16. The third-order valence-electron chi connectivity index (χ3n) is 4.00. The number of hydrogen-bond acceptors (Lipinski definition) is 3. The first-order valence-electron chi connectivity index (χ1n) is 7.37. The van der Waals surface area contributed by atoms with E-state index in [0.717, 1.165) is 31.2 Å². The highest BCUT2D eigenvalue weighted by Crippen LogP contribution is 2.14. The third-order valence-corrected chi connectivity index (χ3v) is 4.00. The molecule has 1 heterocycles. The summed E-state index contributed by atoms with van der Waals surface area (Å²) >= 11 is 0. The minimum atomic E-state index is 0.843. The highest BCUT2D eigenvalue weighted by molar-refractivity contribution is 5.27. The molecule has 3 nitrogen and oxygen atoms in total. The van der Waals surface area contributed by atoms with Gasteiger partial charge in [-0.05, 0) is 62.6 Å². The van der Waals surface area contributed by atoms with E-state index in [4.69, 9.17) is 4.74 Å². The quantitative estimate of drug-likeness (QED) is 0.762. The molecule has 1 unspecified atom stereocenters. The summed E-state index contributed by atoms with van der Waals surface area (Å²) in [7, 11) is 1.71. The predicted molar refractivity (Wildman–Crippen MR) is 79.8 cm³/mol. The molecule has 106 valence electrons. The Labute approximate surface area is 116 Å². The summed E-state index contributed by atoms with van der Waals surface area (Å²) < 4.78 is 5.16. The molecule has 0 aromatic heterocycles. The van der Waals surface area contributed by atoms with Gasteiger partial charge in [-0.15, -0.1) is 0 Å². The summed E-state index contributed by atoms with van der Waals surface area (Å²) in [6, 6.07) is 8.36. The van der Waals surface area contributed by atoms with Crippen LogP contribution in [0, 0.1) is 5.92 Å². The first-order valence-corrected chi connectivity index (χ1v) is 7.37. The van der Waals surface area contributed by atoms with Gasteiger partial charge in [0.25, 0.3) is 0 Å². The number of likely N-dealkylation sites (tertiary alicyclic amines) is 1. The van der Waals surface area contributed by atoms with Crippen LogP contribution in [0.1, 0.15) is 18.9 Å². The fourth-order valence-electron chi connectivity index (χ4n) is 2.70. The molecule has 19 heavy (non-hydrogen) atoms. The normalized spacial score (nSPS) is 19.8. The van der Waals surface area contributed by atoms with Gasteiger partial charge >= 0.3 is 0 Å². The standard InChI is InChI=1S/C16H26N2O/c1-3-18-11-9-15(13-18)12-17-10-8-14-4-6-16(19-2)7-5-14/h4-7,15,17H,3,8-13H2,1-2H3. The molecular weight excluding hydrogens is 236 g/mol. The highest BCUT2D eigenvalue weighted by atomic mass is 16.5. The average molecular weight is 262 g/mol. The Kier molecular flexibility index (Phi) is 5.67. The van der Waals surface area contributed by atoms with E-state index in [2.05, 4.69) is 29.3 Å². The fraction of sp³-hybridized carbons (Fsp3) is 0.625. The van der Waals surface area contributed by atoms with Crippen LogP contribution in [0.25, 0.3) is 0 Å².